The summed E-state index contributed by atoms with van der Waals surface area (Å²) in [5.41, 5.74) is 4.81. The van der Waals surface area contributed by atoms with E-state index in [1.807, 2.05) is 0 Å². The molecule has 0 spiro atoms. The number of hydrogen-bond donors (Lipinski definition) is 0. The fourth-order valence-corrected chi connectivity index (χ4v) is 4.41. The van der Waals surface area contributed by atoms with E-state index in [1.165, 1.54) is 47.4 Å². The average Bonchev–Trinajstić information content (AvgIpc) is 3.31. The van der Waals surface area contributed by atoms with Crippen LogP contribution in [0.3, 0.4) is 0 Å². The van der Waals surface area contributed by atoms with E-state index in [4.69, 9.17) is 4.98 Å². The largest absolute Gasteiger partial charge is 0.372 e. The summed E-state index contributed by atoms with van der Waals surface area (Å²) in [6.07, 6.45) is 4.78. The number of benzene rings is 2. The Kier molecular flexibility index (Phi) is 4.46. The van der Waals surface area contributed by atoms with Crippen molar-refractivity contribution in [3.8, 4) is 11.3 Å². The van der Waals surface area contributed by atoms with Crippen LogP contribution in [0, 0.1) is 0 Å². The second-order valence-corrected chi connectivity index (χ2v) is 7.10. The molecule has 0 aliphatic carbocycles. The molecule has 0 saturated carbocycles. The molecule has 1 radical (unpaired) electrons. The van der Waals surface area contributed by atoms with Crippen LogP contribution in [-0.2, 0) is 32.7 Å². The minimum atomic E-state index is 0. The molecule has 24 heavy (non-hydrogen) atoms. The van der Waals surface area contributed by atoms with Crippen LogP contribution in [-0.4, -0.2) is 22.5 Å². The summed E-state index contributed by atoms with van der Waals surface area (Å²) >= 11 is 1.74. The zero-order valence-electron chi connectivity index (χ0n) is 13.4. The van der Waals surface area contributed by atoms with Gasteiger partial charge in [-0.1, -0.05) is 35.6 Å². The number of hydrogen-bond acceptors (Lipinski definition) is 3. The number of anilines is 1. The van der Waals surface area contributed by atoms with Gasteiger partial charge in [0.1, 0.15) is 0 Å². The first-order valence-corrected chi connectivity index (χ1v) is 8.92. The Hall–Kier alpha value is -1.23. The number of fused-ring (bicyclic) bond motifs is 3. The summed E-state index contributed by atoms with van der Waals surface area (Å²) in [6, 6.07) is 17.3. The van der Waals surface area contributed by atoms with Crippen molar-refractivity contribution in [3.05, 3.63) is 54.7 Å². The van der Waals surface area contributed by atoms with Crippen molar-refractivity contribution in [2.75, 3.05) is 18.0 Å². The van der Waals surface area contributed by atoms with Gasteiger partial charge in [0, 0.05) is 63.2 Å². The molecule has 1 aliphatic heterocycles. The first-order chi connectivity index (χ1) is 11.4. The predicted octanol–water partition coefficient (Wildman–Crippen LogP) is 4.81. The van der Waals surface area contributed by atoms with E-state index >= 15 is 0 Å². The second-order valence-electron chi connectivity index (χ2n) is 6.09. The Morgan fingerprint density at radius 2 is 1.67 bits per heavy atom. The van der Waals surface area contributed by atoms with Crippen LogP contribution in [0.4, 0.5) is 5.69 Å². The topological polar surface area (TPSA) is 20.5 Å². The zero-order chi connectivity index (χ0) is 15.2. The van der Waals surface area contributed by atoms with Crippen molar-refractivity contribution in [1.29, 1.82) is 0 Å². The maximum absolute atomic E-state index is 4.82. The SMILES string of the molecule is [Y].c1ccc2c(c1)sc1nc(-c3ccc(N4CCCC4)cc3)cn12. The first kappa shape index (κ1) is 16.3. The van der Waals surface area contributed by atoms with Gasteiger partial charge in [0.25, 0.3) is 0 Å². The third-order valence-electron chi connectivity index (χ3n) is 4.63. The molecule has 0 amide bonds. The number of rotatable bonds is 2. The quantitative estimate of drug-likeness (QED) is 0.474. The Bertz CT molecular complexity index is 981. The smallest absolute Gasteiger partial charge is 0.195 e. The molecular formula is C19H17N3SY. The number of aromatic nitrogens is 2. The van der Waals surface area contributed by atoms with E-state index < -0.39 is 0 Å². The Balaban J connectivity index is 0.00000146. The summed E-state index contributed by atoms with van der Waals surface area (Å²) in [6.45, 7) is 2.37. The van der Waals surface area contributed by atoms with Gasteiger partial charge in [0.05, 0.1) is 15.9 Å². The van der Waals surface area contributed by atoms with Crippen molar-refractivity contribution in [3.63, 3.8) is 0 Å². The van der Waals surface area contributed by atoms with Crippen molar-refractivity contribution in [2.24, 2.45) is 0 Å². The second kappa shape index (κ2) is 6.59. The molecule has 5 heteroatoms. The van der Waals surface area contributed by atoms with Gasteiger partial charge in [-0.25, -0.2) is 4.98 Å². The number of nitrogens with zero attached hydrogens (tertiary/aromatic N) is 3. The van der Waals surface area contributed by atoms with Gasteiger partial charge in [-0.2, -0.15) is 0 Å². The predicted molar refractivity (Wildman–Crippen MR) is 97.5 cm³/mol. The summed E-state index contributed by atoms with van der Waals surface area (Å²) < 4.78 is 3.48. The minimum absolute atomic E-state index is 0. The van der Waals surface area contributed by atoms with Gasteiger partial charge in [-0.15, -0.1) is 0 Å². The fraction of sp³-hybridized carbons (Fsp3) is 0.211. The van der Waals surface area contributed by atoms with Crippen molar-refractivity contribution in [2.45, 2.75) is 12.8 Å². The normalized spacial score (nSPS) is 14.4. The maximum atomic E-state index is 4.82. The molecule has 0 N–H and O–H groups in total. The van der Waals surface area contributed by atoms with Crippen molar-refractivity contribution < 1.29 is 32.7 Å². The van der Waals surface area contributed by atoms with Gasteiger partial charge in [0.15, 0.2) is 4.96 Å². The molecule has 3 nitrogen and oxygen atoms in total. The number of para-hydroxylation sites is 1. The maximum Gasteiger partial charge on any atom is 0.195 e. The first-order valence-electron chi connectivity index (χ1n) is 8.10. The van der Waals surface area contributed by atoms with Gasteiger partial charge in [-0.05, 0) is 37.1 Å². The minimum Gasteiger partial charge on any atom is -0.372 e. The molecular weight excluding hydrogens is 391 g/mol. The Morgan fingerprint density at radius 3 is 2.46 bits per heavy atom. The third-order valence-corrected chi connectivity index (χ3v) is 5.67. The summed E-state index contributed by atoms with van der Waals surface area (Å²) in [5.74, 6) is 0. The van der Waals surface area contributed by atoms with Crippen LogP contribution in [0.2, 0.25) is 0 Å². The monoisotopic (exact) mass is 408 g/mol. The van der Waals surface area contributed by atoms with Crippen LogP contribution in [0.5, 0.6) is 0 Å². The fourth-order valence-electron chi connectivity index (χ4n) is 3.41. The van der Waals surface area contributed by atoms with E-state index in [0.717, 1.165) is 10.7 Å². The van der Waals surface area contributed by atoms with Gasteiger partial charge in [-0.3, -0.25) is 4.40 Å². The van der Waals surface area contributed by atoms with E-state index in [0.29, 0.717) is 0 Å². The molecule has 1 fully saturated rings. The molecule has 4 aromatic rings. The summed E-state index contributed by atoms with van der Waals surface area (Å²) in [5, 5.41) is 0. The van der Waals surface area contributed by atoms with Crippen LogP contribution in [0.25, 0.3) is 26.4 Å². The number of thiazole rings is 1. The van der Waals surface area contributed by atoms with E-state index in [1.54, 1.807) is 11.3 Å². The summed E-state index contributed by atoms with van der Waals surface area (Å²) in [4.78, 5) is 8.34. The molecule has 0 atom stereocenters. The van der Waals surface area contributed by atoms with Gasteiger partial charge >= 0.3 is 0 Å². The molecule has 1 saturated heterocycles. The standard InChI is InChI=1S/C19H17N3S.Y/c1-2-6-18-17(5-1)22-13-16(20-19(22)23-18)14-7-9-15(10-8-14)21-11-3-4-12-21;/h1-2,5-10,13H,3-4,11-12H2;. The molecule has 117 valence electrons. The van der Waals surface area contributed by atoms with Gasteiger partial charge < -0.3 is 4.90 Å². The molecule has 0 bridgehead atoms. The van der Waals surface area contributed by atoms with Gasteiger partial charge in [0.2, 0.25) is 0 Å². The van der Waals surface area contributed by atoms with E-state index in [2.05, 4.69) is 64.0 Å². The van der Waals surface area contributed by atoms with Crippen LogP contribution in [0.15, 0.2) is 54.7 Å². The zero-order valence-corrected chi connectivity index (χ0v) is 17.0. The number of imidazole rings is 1. The molecule has 0 unspecified atom stereocenters. The van der Waals surface area contributed by atoms with Crippen LogP contribution >= 0.6 is 11.3 Å². The van der Waals surface area contributed by atoms with E-state index in [9.17, 15) is 0 Å². The van der Waals surface area contributed by atoms with Crippen LogP contribution < -0.4 is 4.90 Å². The summed E-state index contributed by atoms with van der Waals surface area (Å²) in [7, 11) is 0. The van der Waals surface area contributed by atoms with Crippen molar-refractivity contribution >= 4 is 32.2 Å². The Labute approximate surface area is 170 Å². The molecule has 2 aromatic carbocycles. The molecule has 5 rings (SSSR count). The molecule has 3 heterocycles. The Morgan fingerprint density at radius 1 is 0.917 bits per heavy atom. The van der Waals surface area contributed by atoms with E-state index in [-0.39, 0.29) is 32.7 Å². The third kappa shape index (κ3) is 2.71. The van der Waals surface area contributed by atoms with Crippen molar-refractivity contribution in [1.82, 2.24) is 9.38 Å². The molecule has 2 aromatic heterocycles. The molecule has 1 aliphatic rings. The average molecular weight is 408 g/mol. The van der Waals surface area contributed by atoms with Crippen LogP contribution in [0.1, 0.15) is 12.8 Å².